The van der Waals surface area contributed by atoms with Gasteiger partial charge in [0, 0.05) is 16.9 Å². The van der Waals surface area contributed by atoms with Crippen LogP contribution in [0.4, 0.5) is 8.78 Å². The van der Waals surface area contributed by atoms with Crippen molar-refractivity contribution in [1.82, 2.24) is 4.57 Å². The highest BCUT2D eigenvalue weighted by molar-refractivity contribution is 8.00. The molecule has 1 aliphatic heterocycles. The van der Waals surface area contributed by atoms with Gasteiger partial charge in [0.25, 0.3) is 5.56 Å². The number of hydrogen-bond acceptors (Lipinski definition) is 4. The first-order valence-corrected chi connectivity index (χ1v) is 11.2. The summed E-state index contributed by atoms with van der Waals surface area (Å²) in [6.45, 7) is 4.01. The Hall–Kier alpha value is -2.15. The Balaban J connectivity index is 2.11. The molecule has 0 unspecified atom stereocenters. The first kappa shape index (κ1) is 22.5. The second-order valence-electron chi connectivity index (χ2n) is 7.64. The number of halogens is 2. The number of aryl methyl sites for hydroxylation is 1. The third-order valence-corrected chi connectivity index (χ3v) is 6.76. The number of nitrogens with zero attached hydrogens (tertiary/aromatic N) is 1. The third kappa shape index (κ3) is 4.46. The first-order valence-electron chi connectivity index (χ1n) is 10.4. The maximum atomic E-state index is 14.0. The van der Waals surface area contributed by atoms with E-state index in [2.05, 4.69) is 6.92 Å². The van der Waals surface area contributed by atoms with Crippen LogP contribution in [0.3, 0.4) is 0 Å². The number of rotatable bonds is 8. The summed E-state index contributed by atoms with van der Waals surface area (Å²) in [7, 11) is 1.30. The van der Waals surface area contributed by atoms with Crippen molar-refractivity contribution in [1.29, 1.82) is 0 Å². The Morgan fingerprint density at radius 3 is 2.53 bits per heavy atom. The molecule has 0 saturated heterocycles. The molecule has 162 valence electrons. The van der Waals surface area contributed by atoms with Gasteiger partial charge in [-0.15, -0.1) is 11.8 Å². The van der Waals surface area contributed by atoms with Gasteiger partial charge in [-0.2, -0.15) is 0 Å². The van der Waals surface area contributed by atoms with Crippen LogP contribution >= 0.6 is 11.8 Å². The molecular weight excluding hydrogens is 408 g/mol. The van der Waals surface area contributed by atoms with Gasteiger partial charge in [-0.25, -0.2) is 13.6 Å². The van der Waals surface area contributed by atoms with Crippen LogP contribution in [-0.4, -0.2) is 22.9 Å². The minimum Gasteiger partial charge on any atom is -0.467 e. The molecular formula is C23H27F2NO3S. The predicted octanol–water partition coefficient (Wildman–Crippen LogP) is 5.51. The zero-order chi connectivity index (χ0) is 21.8. The summed E-state index contributed by atoms with van der Waals surface area (Å²) in [6.07, 6.45) is 6.04. The summed E-state index contributed by atoms with van der Waals surface area (Å²) >= 11 is 1.40. The summed E-state index contributed by atoms with van der Waals surface area (Å²) in [5.41, 5.74) is 1.74. The largest absolute Gasteiger partial charge is 0.467 e. The van der Waals surface area contributed by atoms with Gasteiger partial charge < -0.3 is 4.74 Å². The van der Waals surface area contributed by atoms with Gasteiger partial charge in [0.1, 0.15) is 6.04 Å². The average molecular weight is 436 g/mol. The molecule has 0 amide bonds. The number of methoxy groups -OCH3 is 1. The summed E-state index contributed by atoms with van der Waals surface area (Å²) in [6, 6.07) is 4.57. The molecule has 1 aromatic carbocycles. The second kappa shape index (κ2) is 9.77. The maximum Gasteiger partial charge on any atom is 0.330 e. The van der Waals surface area contributed by atoms with E-state index >= 15 is 0 Å². The fraction of sp³-hybridized carbons (Fsp3) is 0.478. The molecule has 2 heterocycles. The smallest absolute Gasteiger partial charge is 0.330 e. The van der Waals surface area contributed by atoms with E-state index in [1.54, 1.807) is 0 Å². The minimum atomic E-state index is -0.938. The summed E-state index contributed by atoms with van der Waals surface area (Å²) < 4.78 is 33.9. The van der Waals surface area contributed by atoms with Gasteiger partial charge in [-0.1, -0.05) is 45.6 Å². The lowest BCUT2D eigenvalue weighted by Crippen LogP contribution is -2.32. The van der Waals surface area contributed by atoms with Gasteiger partial charge in [0.05, 0.1) is 12.1 Å². The van der Waals surface area contributed by atoms with Crippen molar-refractivity contribution in [3.8, 4) is 11.1 Å². The number of unbranched alkanes of at least 4 members (excludes halogenated alkanes) is 4. The molecule has 2 atom stereocenters. The van der Waals surface area contributed by atoms with E-state index in [1.807, 2.05) is 6.92 Å². The fourth-order valence-corrected chi connectivity index (χ4v) is 5.37. The van der Waals surface area contributed by atoms with Crippen LogP contribution in [0, 0.1) is 11.6 Å². The van der Waals surface area contributed by atoms with Crippen molar-refractivity contribution in [2.45, 2.75) is 68.7 Å². The lowest BCUT2D eigenvalue weighted by molar-refractivity contribution is -0.144. The van der Waals surface area contributed by atoms with E-state index in [0.29, 0.717) is 22.6 Å². The summed E-state index contributed by atoms with van der Waals surface area (Å²) in [5, 5.41) is 0.397. The predicted molar refractivity (Wildman–Crippen MR) is 115 cm³/mol. The number of pyridine rings is 1. The highest BCUT2D eigenvalue weighted by Crippen LogP contribution is 2.45. The first-order chi connectivity index (χ1) is 14.4. The summed E-state index contributed by atoms with van der Waals surface area (Å²) in [5.74, 6) is -2.34. The van der Waals surface area contributed by atoms with E-state index in [9.17, 15) is 18.4 Å². The van der Waals surface area contributed by atoms with E-state index in [0.717, 1.165) is 49.8 Å². The van der Waals surface area contributed by atoms with Crippen LogP contribution in [0.2, 0.25) is 0 Å². The van der Waals surface area contributed by atoms with E-state index < -0.39 is 23.6 Å². The number of ether oxygens (including phenoxy) is 1. The molecule has 2 aromatic rings. The van der Waals surface area contributed by atoms with Crippen LogP contribution in [-0.2, 0) is 16.0 Å². The van der Waals surface area contributed by atoms with Crippen LogP contribution < -0.4 is 5.56 Å². The second-order valence-corrected chi connectivity index (χ2v) is 9.01. The molecule has 0 spiro atoms. The van der Waals surface area contributed by atoms with Crippen LogP contribution in [0.1, 0.15) is 57.6 Å². The topological polar surface area (TPSA) is 48.3 Å². The molecule has 1 aromatic heterocycles. The minimum absolute atomic E-state index is 0.214. The molecule has 1 aliphatic rings. The molecule has 0 N–H and O–H groups in total. The van der Waals surface area contributed by atoms with Crippen molar-refractivity contribution in [3.05, 3.63) is 51.8 Å². The quantitative estimate of drug-likeness (QED) is 0.405. The SMILES string of the molecule is CCCCCCCc1cc(=O)n2c(c1-c1ccc(F)c(F)c1)S[C@H](C)[C@H]2C(=O)OC. The number of fused-ring (bicyclic) bond motifs is 1. The van der Waals surface area contributed by atoms with Gasteiger partial charge >= 0.3 is 5.97 Å². The molecule has 0 bridgehead atoms. The molecule has 30 heavy (non-hydrogen) atoms. The molecule has 0 aliphatic carbocycles. The van der Waals surface area contributed by atoms with Crippen molar-refractivity contribution in [2.24, 2.45) is 0 Å². The zero-order valence-corrected chi connectivity index (χ0v) is 18.4. The monoisotopic (exact) mass is 435 g/mol. The van der Waals surface area contributed by atoms with E-state index in [4.69, 9.17) is 4.74 Å². The van der Waals surface area contributed by atoms with Crippen LogP contribution in [0.5, 0.6) is 0 Å². The zero-order valence-electron chi connectivity index (χ0n) is 17.5. The number of carbonyl (C=O) groups is 1. The molecule has 0 radical (unpaired) electrons. The number of esters is 1. The molecule has 4 nitrogen and oxygen atoms in total. The lowest BCUT2D eigenvalue weighted by Gasteiger charge is -2.18. The molecule has 0 fully saturated rings. The van der Waals surface area contributed by atoms with Gasteiger partial charge in [0.2, 0.25) is 0 Å². The number of aromatic nitrogens is 1. The van der Waals surface area contributed by atoms with Gasteiger partial charge in [-0.05, 0) is 36.1 Å². The molecule has 3 rings (SSSR count). The van der Waals surface area contributed by atoms with Crippen molar-refractivity contribution in [3.63, 3.8) is 0 Å². The third-order valence-electron chi connectivity index (χ3n) is 5.51. The Labute approximate surface area is 179 Å². The maximum absolute atomic E-state index is 14.0. The standard InChI is InChI=1S/C23H27F2NO3S/c1-4-5-6-7-8-9-15-13-19(27)26-21(23(28)29-3)14(2)30-22(26)20(15)16-10-11-17(24)18(25)12-16/h10-14,21H,4-9H2,1-3H3/t14-,21+/m1/s1. The summed E-state index contributed by atoms with van der Waals surface area (Å²) in [4.78, 5) is 25.3. The van der Waals surface area contributed by atoms with E-state index in [-0.39, 0.29) is 10.8 Å². The number of benzene rings is 1. The Morgan fingerprint density at radius 1 is 1.13 bits per heavy atom. The number of thioether (sulfide) groups is 1. The van der Waals surface area contributed by atoms with Gasteiger partial charge in [-0.3, -0.25) is 9.36 Å². The Kier molecular flexibility index (Phi) is 7.34. The molecule has 0 saturated carbocycles. The van der Waals surface area contributed by atoms with E-state index in [1.165, 1.54) is 35.6 Å². The number of hydrogen-bond donors (Lipinski definition) is 0. The normalized spacial score (nSPS) is 17.8. The lowest BCUT2D eigenvalue weighted by atomic mass is 9.96. The van der Waals surface area contributed by atoms with Crippen molar-refractivity contribution < 1.29 is 18.3 Å². The van der Waals surface area contributed by atoms with Crippen molar-refractivity contribution in [2.75, 3.05) is 7.11 Å². The van der Waals surface area contributed by atoms with Gasteiger partial charge in [0.15, 0.2) is 11.6 Å². The Bertz CT molecular complexity index is 989. The van der Waals surface area contributed by atoms with Crippen LogP contribution in [0.15, 0.2) is 34.1 Å². The highest BCUT2D eigenvalue weighted by atomic mass is 32.2. The highest BCUT2D eigenvalue weighted by Gasteiger charge is 2.39. The average Bonchev–Trinajstić information content (AvgIpc) is 3.07. The fourth-order valence-electron chi connectivity index (χ4n) is 3.97. The number of carbonyl (C=O) groups excluding carboxylic acids is 1. The van der Waals surface area contributed by atoms with Crippen molar-refractivity contribution >= 4 is 17.7 Å². The van der Waals surface area contributed by atoms with Crippen LogP contribution in [0.25, 0.3) is 11.1 Å². The Morgan fingerprint density at radius 2 is 1.87 bits per heavy atom. The molecule has 7 heteroatoms.